The average molecular weight is 698 g/mol. The Morgan fingerprint density at radius 2 is 1.73 bits per heavy atom. The molecule has 5 aromatic rings. The fourth-order valence-electron chi connectivity index (χ4n) is 6.15. The molecule has 1 aliphatic heterocycles. The van der Waals surface area contributed by atoms with E-state index in [9.17, 15) is 14.9 Å². The second-order valence-electron chi connectivity index (χ2n) is 14.5. The van der Waals surface area contributed by atoms with Crippen molar-refractivity contribution in [3.63, 3.8) is 0 Å². The Morgan fingerprint density at radius 1 is 0.942 bits per heavy atom. The van der Waals surface area contributed by atoms with Gasteiger partial charge in [0.2, 0.25) is 11.8 Å². The molecule has 1 unspecified atom stereocenters. The number of benzene rings is 3. The van der Waals surface area contributed by atoms with Crippen molar-refractivity contribution in [3.8, 4) is 29.0 Å². The van der Waals surface area contributed by atoms with E-state index in [1.807, 2.05) is 90.1 Å². The third kappa shape index (κ3) is 8.13. The molecule has 2 aromatic heterocycles. The summed E-state index contributed by atoms with van der Waals surface area (Å²) >= 11 is 0. The van der Waals surface area contributed by atoms with E-state index in [0.717, 1.165) is 34.7 Å². The summed E-state index contributed by atoms with van der Waals surface area (Å²) in [5.74, 6) is 1.12. The molecule has 2 N–H and O–H groups in total. The number of likely N-dealkylation sites (tertiary alicyclic amines) is 1. The minimum Gasteiger partial charge on any atom is -0.444 e. The summed E-state index contributed by atoms with van der Waals surface area (Å²) in [6.45, 7) is 12.3. The fraction of sp³-hybridized carbons (Fsp3) is 0.317. The molecule has 1 aliphatic rings. The van der Waals surface area contributed by atoms with Gasteiger partial charge in [0.15, 0.2) is 0 Å². The quantitative estimate of drug-likeness (QED) is 0.163. The first-order valence-corrected chi connectivity index (χ1v) is 17.4. The van der Waals surface area contributed by atoms with Gasteiger partial charge in [-0.05, 0) is 102 Å². The van der Waals surface area contributed by atoms with Crippen LogP contribution < -0.4 is 15.4 Å². The zero-order valence-corrected chi connectivity index (χ0v) is 30.4. The van der Waals surface area contributed by atoms with Gasteiger partial charge < -0.3 is 25.0 Å². The fourth-order valence-corrected chi connectivity index (χ4v) is 6.15. The Morgan fingerprint density at radius 3 is 2.50 bits per heavy atom. The van der Waals surface area contributed by atoms with Gasteiger partial charge in [-0.25, -0.2) is 19.7 Å². The summed E-state index contributed by atoms with van der Waals surface area (Å²) in [5, 5.41) is 17.7. The molecular formula is C41H43N7O4. The number of fused-ring (bicyclic) bond motifs is 1. The lowest BCUT2D eigenvalue weighted by Gasteiger charge is -2.34. The van der Waals surface area contributed by atoms with Crippen molar-refractivity contribution in [2.45, 2.75) is 71.4 Å². The van der Waals surface area contributed by atoms with Crippen molar-refractivity contribution in [1.29, 1.82) is 5.26 Å². The molecule has 3 aromatic carbocycles. The van der Waals surface area contributed by atoms with Crippen LogP contribution in [0.5, 0.6) is 11.6 Å². The molecule has 11 nitrogen and oxygen atoms in total. The van der Waals surface area contributed by atoms with Crippen LogP contribution in [-0.4, -0.2) is 56.6 Å². The predicted octanol–water partition coefficient (Wildman–Crippen LogP) is 8.66. The number of hydrogen-bond acceptors (Lipinski definition) is 9. The van der Waals surface area contributed by atoms with Gasteiger partial charge in [0.1, 0.15) is 11.4 Å². The van der Waals surface area contributed by atoms with E-state index in [-0.39, 0.29) is 18.0 Å². The minimum atomic E-state index is -0.729. The van der Waals surface area contributed by atoms with Crippen LogP contribution in [0.1, 0.15) is 68.9 Å². The summed E-state index contributed by atoms with van der Waals surface area (Å²) < 4.78 is 12.2. The van der Waals surface area contributed by atoms with E-state index < -0.39 is 11.0 Å². The van der Waals surface area contributed by atoms with Crippen molar-refractivity contribution in [2.24, 2.45) is 0 Å². The molecule has 0 saturated carbocycles. The molecule has 0 aliphatic carbocycles. The maximum atomic E-state index is 13.5. The molecule has 1 fully saturated rings. The Bertz CT molecular complexity index is 2170. The number of aromatic nitrogens is 3. The second-order valence-corrected chi connectivity index (χ2v) is 14.5. The average Bonchev–Trinajstić information content (AvgIpc) is 3.13. The molecule has 0 bridgehead atoms. The van der Waals surface area contributed by atoms with Gasteiger partial charge in [-0.1, -0.05) is 36.4 Å². The molecule has 3 heterocycles. The number of rotatable bonds is 8. The van der Waals surface area contributed by atoms with E-state index in [1.54, 1.807) is 41.6 Å². The Kier molecular flexibility index (Phi) is 10.1. The molecule has 11 heteroatoms. The van der Waals surface area contributed by atoms with Crippen LogP contribution in [-0.2, 0) is 10.2 Å². The molecule has 266 valence electrons. The van der Waals surface area contributed by atoms with Gasteiger partial charge in [0.05, 0.1) is 22.7 Å². The SMILES string of the molecule is Cc1cc(NC(=O)c2cccc(C(C)(C)C#N)c2)c2ccccc2c1Oc1ncccc1-c1ccnc(NC2CCCN(C(=O)OC(C)(C)C)C2)n1. The van der Waals surface area contributed by atoms with Gasteiger partial charge in [0, 0.05) is 53.5 Å². The highest BCUT2D eigenvalue weighted by molar-refractivity contribution is 6.10. The molecule has 6 rings (SSSR count). The zero-order chi connectivity index (χ0) is 37.0. The largest absolute Gasteiger partial charge is 0.444 e. The number of pyridine rings is 1. The van der Waals surface area contributed by atoms with Gasteiger partial charge in [-0.2, -0.15) is 5.26 Å². The lowest BCUT2D eigenvalue weighted by Crippen LogP contribution is -2.47. The van der Waals surface area contributed by atoms with Crippen LogP contribution in [0.4, 0.5) is 16.4 Å². The van der Waals surface area contributed by atoms with E-state index >= 15 is 0 Å². The topological polar surface area (TPSA) is 142 Å². The van der Waals surface area contributed by atoms with Gasteiger partial charge in [-0.3, -0.25) is 4.79 Å². The second kappa shape index (κ2) is 14.7. The number of ether oxygens (including phenoxy) is 2. The van der Waals surface area contributed by atoms with Crippen LogP contribution in [0.2, 0.25) is 0 Å². The van der Waals surface area contributed by atoms with Crippen molar-refractivity contribution < 1.29 is 19.1 Å². The van der Waals surface area contributed by atoms with Crippen LogP contribution in [0, 0.1) is 18.3 Å². The van der Waals surface area contributed by atoms with Gasteiger partial charge in [0.25, 0.3) is 5.91 Å². The van der Waals surface area contributed by atoms with Gasteiger partial charge >= 0.3 is 6.09 Å². The number of nitrogens with zero attached hydrogens (tertiary/aromatic N) is 5. The van der Waals surface area contributed by atoms with Crippen LogP contribution in [0.3, 0.4) is 0 Å². The standard InChI is InChI=1S/C41H43N7O4/c1-26-22-34(46-36(49)27-12-9-13-28(23-27)41(5,6)25-42)30-15-7-8-16-31(30)35(26)51-37-32(17-10-19-43-37)33-18-20-44-38(47-33)45-29-14-11-21-48(24-29)39(50)52-40(2,3)4/h7-10,12-13,15-20,22-23,29H,11,14,21,24H2,1-6H3,(H,46,49)(H,44,45,47). The summed E-state index contributed by atoms with van der Waals surface area (Å²) in [5.41, 5.74) is 2.66. The summed E-state index contributed by atoms with van der Waals surface area (Å²) in [7, 11) is 0. The molecule has 0 radical (unpaired) electrons. The maximum Gasteiger partial charge on any atom is 0.410 e. The van der Waals surface area contributed by atoms with Crippen molar-refractivity contribution >= 4 is 34.4 Å². The molecule has 2 amide bonds. The lowest BCUT2D eigenvalue weighted by atomic mass is 9.85. The number of nitriles is 1. The lowest BCUT2D eigenvalue weighted by molar-refractivity contribution is 0.0206. The Labute approximate surface area is 304 Å². The maximum absolute atomic E-state index is 13.5. The van der Waals surface area contributed by atoms with E-state index in [0.29, 0.717) is 53.2 Å². The summed E-state index contributed by atoms with van der Waals surface area (Å²) in [6.07, 6.45) is 4.73. The number of hydrogen-bond donors (Lipinski definition) is 2. The van der Waals surface area contributed by atoms with Crippen molar-refractivity contribution in [1.82, 2.24) is 19.9 Å². The Hall–Kier alpha value is -6.02. The Balaban J connectivity index is 1.24. The number of carbonyl (C=O) groups is 2. The predicted molar refractivity (Wildman–Crippen MR) is 202 cm³/mol. The highest BCUT2D eigenvalue weighted by atomic mass is 16.6. The van der Waals surface area contributed by atoms with E-state index in [1.165, 1.54) is 0 Å². The molecule has 1 saturated heterocycles. The van der Waals surface area contributed by atoms with Crippen LogP contribution in [0.25, 0.3) is 22.0 Å². The zero-order valence-electron chi connectivity index (χ0n) is 30.4. The van der Waals surface area contributed by atoms with Crippen LogP contribution >= 0.6 is 0 Å². The molecule has 1 atom stereocenters. The van der Waals surface area contributed by atoms with Gasteiger partial charge in [-0.15, -0.1) is 0 Å². The third-order valence-electron chi connectivity index (χ3n) is 8.86. The smallest absolute Gasteiger partial charge is 0.410 e. The highest BCUT2D eigenvalue weighted by Crippen LogP contribution is 2.40. The summed E-state index contributed by atoms with van der Waals surface area (Å²) in [6, 6.07) is 24.5. The van der Waals surface area contributed by atoms with E-state index in [2.05, 4.69) is 26.7 Å². The number of aryl methyl sites for hydroxylation is 1. The highest BCUT2D eigenvalue weighted by Gasteiger charge is 2.28. The number of nitrogens with one attached hydrogen (secondary N) is 2. The molecule has 52 heavy (non-hydrogen) atoms. The molecular weight excluding hydrogens is 654 g/mol. The van der Waals surface area contributed by atoms with Crippen molar-refractivity contribution in [2.75, 3.05) is 23.7 Å². The monoisotopic (exact) mass is 697 g/mol. The van der Waals surface area contributed by atoms with Crippen molar-refractivity contribution in [3.05, 3.63) is 102 Å². The van der Waals surface area contributed by atoms with E-state index in [4.69, 9.17) is 14.5 Å². The first-order chi connectivity index (χ1) is 24.8. The molecule has 0 spiro atoms. The van der Waals surface area contributed by atoms with Crippen LogP contribution in [0.15, 0.2) is 85.2 Å². The first-order valence-electron chi connectivity index (χ1n) is 17.4. The number of carbonyl (C=O) groups excluding carboxylic acids is 2. The number of anilines is 2. The minimum absolute atomic E-state index is 0.0394. The third-order valence-corrected chi connectivity index (χ3v) is 8.86. The number of piperidine rings is 1. The first kappa shape index (κ1) is 35.8. The number of amides is 2. The normalized spacial score (nSPS) is 14.7. The summed E-state index contributed by atoms with van der Waals surface area (Å²) in [4.78, 5) is 41.8.